The number of carbonyl (C=O) groups is 1. The van der Waals surface area contributed by atoms with Crippen molar-refractivity contribution in [3.8, 4) is 0 Å². The number of aliphatic imine (C=N–C) groups is 1. The minimum atomic E-state index is -0.603. The highest BCUT2D eigenvalue weighted by atomic mass is 35.5. The van der Waals surface area contributed by atoms with E-state index in [1.165, 1.54) is 0 Å². The molecule has 1 aromatic heterocycles. The van der Waals surface area contributed by atoms with Gasteiger partial charge in [0.2, 0.25) is 0 Å². The van der Waals surface area contributed by atoms with E-state index in [1.807, 2.05) is 39.8 Å². The topological polar surface area (TPSA) is 64.7 Å². The molecule has 1 aliphatic rings. The lowest BCUT2D eigenvalue weighted by Gasteiger charge is -2.20. The Balaban J connectivity index is 2.19. The van der Waals surface area contributed by atoms with E-state index in [4.69, 9.17) is 25.9 Å². The first-order chi connectivity index (χ1) is 14.1. The van der Waals surface area contributed by atoms with E-state index in [9.17, 15) is 4.79 Å². The molecule has 0 unspecified atom stereocenters. The Hall–Kier alpha value is -2.92. The number of halogens is 1. The number of carbonyl (C=O) groups excluding carboxylic acids is 1. The molecule has 0 aliphatic carbocycles. The molecular formula is C24H25ClN2O3. The first-order valence-corrected chi connectivity index (χ1v) is 10.0. The summed E-state index contributed by atoms with van der Waals surface area (Å²) >= 11 is 6.07. The number of hydrogen-bond donors (Lipinski definition) is 0. The van der Waals surface area contributed by atoms with Gasteiger partial charge < -0.3 is 9.26 Å². The highest BCUT2D eigenvalue weighted by Crippen LogP contribution is 2.39. The van der Waals surface area contributed by atoms with Gasteiger partial charge in [0.25, 0.3) is 0 Å². The van der Waals surface area contributed by atoms with E-state index < -0.39 is 11.6 Å². The van der Waals surface area contributed by atoms with Crippen LogP contribution in [0.1, 0.15) is 55.8 Å². The Kier molecular flexibility index (Phi) is 6.13. The highest BCUT2D eigenvalue weighted by Gasteiger charge is 2.32. The third-order valence-corrected chi connectivity index (χ3v) is 4.85. The SMILES string of the molecule is C=CC1=C(C=C)c2c(C)noc2[C@H](CC(=O)OC(C)(C)C)N=C1c1ccc(Cl)cc1. The number of benzene rings is 1. The van der Waals surface area contributed by atoms with Gasteiger partial charge in [0.15, 0.2) is 5.76 Å². The molecule has 2 aromatic rings. The second kappa shape index (κ2) is 8.44. The Morgan fingerprint density at radius 2 is 1.83 bits per heavy atom. The van der Waals surface area contributed by atoms with Gasteiger partial charge in [-0.1, -0.05) is 54.2 Å². The number of esters is 1. The van der Waals surface area contributed by atoms with Gasteiger partial charge >= 0.3 is 5.97 Å². The van der Waals surface area contributed by atoms with Crippen molar-refractivity contribution < 1.29 is 14.1 Å². The fraction of sp³-hybridized carbons (Fsp3) is 0.292. The zero-order valence-corrected chi connectivity index (χ0v) is 18.4. The molecule has 1 atom stereocenters. The molecule has 5 nitrogen and oxygen atoms in total. The Labute approximate surface area is 181 Å². The number of hydrogen-bond acceptors (Lipinski definition) is 5. The standard InChI is InChI=1S/C24H25ClN2O3/c1-7-17-18(8-2)22(15-9-11-16(25)12-10-15)26-19(13-20(28)29-24(4,5)6)23-21(17)14(3)27-30-23/h7-12,19H,1-2,13H2,3-6H3/t19-/m0/s1. The van der Waals surface area contributed by atoms with Crippen LogP contribution in [0.3, 0.4) is 0 Å². The van der Waals surface area contributed by atoms with Gasteiger partial charge in [0, 0.05) is 16.2 Å². The molecule has 1 aromatic carbocycles. The van der Waals surface area contributed by atoms with Crippen molar-refractivity contribution in [2.45, 2.75) is 45.8 Å². The van der Waals surface area contributed by atoms with Crippen molar-refractivity contribution in [2.75, 3.05) is 0 Å². The van der Waals surface area contributed by atoms with Crippen molar-refractivity contribution >= 4 is 28.9 Å². The van der Waals surface area contributed by atoms with Crippen LogP contribution in [-0.4, -0.2) is 22.4 Å². The number of aromatic nitrogens is 1. The largest absolute Gasteiger partial charge is 0.460 e. The molecule has 0 saturated heterocycles. The maximum absolute atomic E-state index is 12.6. The maximum Gasteiger partial charge on any atom is 0.308 e. The quantitative estimate of drug-likeness (QED) is 0.549. The summed E-state index contributed by atoms with van der Waals surface area (Å²) in [6, 6.07) is 6.76. The number of aryl methyl sites for hydroxylation is 1. The van der Waals surface area contributed by atoms with Crippen LogP contribution >= 0.6 is 11.6 Å². The van der Waals surface area contributed by atoms with Gasteiger partial charge in [-0.15, -0.1) is 0 Å². The molecule has 1 aliphatic heterocycles. The lowest BCUT2D eigenvalue weighted by atomic mass is 9.93. The monoisotopic (exact) mass is 424 g/mol. The summed E-state index contributed by atoms with van der Waals surface area (Å²) < 4.78 is 11.2. The summed E-state index contributed by atoms with van der Waals surface area (Å²) in [4.78, 5) is 17.5. The molecule has 30 heavy (non-hydrogen) atoms. The van der Waals surface area contributed by atoms with Crippen LogP contribution in [0.2, 0.25) is 5.02 Å². The molecular weight excluding hydrogens is 400 g/mol. The number of nitrogens with zero attached hydrogens (tertiary/aromatic N) is 2. The van der Waals surface area contributed by atoms with E-state index in [-0.39, 0.29) is 12.4 Å². The molecule has 156 valence electrons. The molecule has 3 rings (SSSR count). The molecule has 2 heterocycles. The number of allylic oxidation sites excluding steroid dienone is 4. The van der Waals surface area contributed by atoms with Crippen molar-refractivity contribution in [3.05, 3.63) is 82.8 Å². The second-order valence-electron chi connectivity index (χ2n) is 8.03. The van der Waals surface area contributed by atoms with Gasteiger partial charge in [-0.3, -0.25) is 9.79 Å². The van der Waals surface area contributed by atoms with E-state index in [2.05, 4.69) is 18.3 Å². The number of ether oxygens (including phenoxy) is 1. The second-order valence-corrected chi connectivity index (χ2v) is 8.47. The van der Waals surface area contributed by atoms with Crippen molar-refractivity contribution in [1.29, 1.82) is 0 Å². The first kappa shape index (κ1) is 21.8. The number of fused-ring (bicyclic) bond motifs is 1. The molecule has 0 radical (unpaired) electrons. The average Bonchev–Trinajstić information content (AvgIpc) is 2.97. The van der Waals surface area contributed by atoms with Crippen LogP contribution in [0.4, 0.5) is 0 Å². The van der Waals surface area contributed by atoms with E-state index in [1.54, 1.807) is 24.3 Å². The first-order valence-electron chi connectivity index (χ1n) is 9.66. The van der Waals surface area contributed by atoms with Gasteiger partial charge in [0.1, 0.15) is 11.6 Å². The van der Waals surface area contributed by atoms with Crippen molar-refractivity contribution in [2.24, 2.45) is 4.99 Å². The third-order valence-electron chi connectivity index (χ3n) is 4.60. The molecule has 0 N–H and O–H groups in total. The predicted octanol–water partition coefficient (Wildman–Crippen LogP) is 6.04. The van der Waals surface area contributed by atoms with E-state index in [0.29, 0.717) is 22.2 Å². The maximum atomic E-state index is 12.6. The summed E-state index contributed by atoms with van der Waals surface area (Å²) in [6.07, 6.45) is 3.49. The van der Waals surface area contributed by atoms with Crippen LogP contribution in [-0.2, 0) is 9.53 Å². The Morgan fingerprint density at radius 3 is 2.40 bits per heavy atom. The average molecular weight is 425 g/mol. The normalized spacial score (nSPS) is 16.4. The van der Waals surface area contributed by atoms with E-state index in [0.717, 1.165) is 22.3 Å². The van der Waals surface area contributed by atoms with Crippen LogP contribution in [0.5, 0.6) is 0 Å². The Bertz CT molecular complexity index is 1050. The summed E-state index contributed by atoms with van der Waals surface area (Å²) in [5, 5.41) is 4.74. The van der Waals surface area contributed by atoms with Crippen molar-refractivity contribution in [3.63, 3.8) is 0 Å². The molecule has 0 bridgehead atoms. The summed E-state index contributed by atoms with van der Waals surface area (Å²) in [5.74, 6) is 0.144. The zero-order valence-electron chi connectivity index (χ0n) is 17.7. The molecule has 0 spiro atoms. The lowest BCUT2D eigenvalue weighted by molar-refractivity contribution is -0.155. The smallest absolute Gasteiger partial charge is 0.308 e. The predicted molar refractivity (Wildman–Crippen MR) is 120 cm³/mol. The van der Waals surface area contributed by atoms with E-state index >= 15 is 0 Å². The van der Waals surface area contributed by atoms with Crippen LogP contribution < -0.4 is 0 Å². The Morgan fingerprint density at radius 1 is 1.20 bits per heavy atom. The van der Waals surface area contributed by atoms with Crippen molar-refractivity contribution in [1.82, 2.24) is 5.16 Å². The van der Waals surface area contributed by atoms with Crippen LogP contribution in [0.25, 0.3) is 5.57 Å². The fourth-order valence-electron chi connectivity index (χ4n) is 3.42. The van der Waals surface area contributed by atoms with Crippen LogP contribution in [0, 0.1) is 6.92 Å². The minimum Gasteiger partial charge on any atom is -0.460 e. The van der Waals surface area contributed by atoms with Gasteiger partial charge in [-0.2, -0.15) is 0 Å². The molecule has 0 fully saturated rings. The number of rotatable bonds is 5. The highest BCUT2D eigenvalue weighted by molar-refractivity contribution is 6.30. The minimum absolute atomic E-state index is 0.0187. The third kappa shape index (κ3) is 4.46. The summed E-state index contributed by atoms with van der Waals surface area (Å²) in [7, 11) is 0. The molecule has 6 heteroatoms. The van der Waals surface area contributed by atoms with Gasteiger partial charge in [-0.05, 0) is 45.4 Å². The fourth-order valence-corrected chi connectivity index (χ4v) is 3.55. The lowest BCUT2D eigenvalue weighted by Crippen LogP contribution is -2.25. The van der Waals surface area contributed by atoms with Gasteiger partial charge in [0.05, 0.1) is 23.4 Å². The summed E-state index contributed by atoms with van der Waals surface area (Å²) in [5.41, 5.74) is 3.99. The van der Waals surface area contributed by atoms with Crippen LogP contribution in [0.15, 0.2) is 64.7 Å². The molecule has 0 amide bonds. The molecule has 0 saturated carbocycles. The summed E-state index contributed by atoms with van der Waals surface area (Å²) in [6.45, 7) is 15.3. The zero-order chi connectivity index (χ0) is 22.1. The van der Waals surface area contributed by atoms with Gasteiger partial charge in [-0.25, -0.2) is 0 Å².